The third-order valence-electron chi connectivity index (χ3n) is 2.51. The lowest BCUT2D eigenvalue weighted by Crippen LogP contribution is -2.10. The topological polar surface area (TPSA) is 69.4 Å². The number of aldehydes is 1. The summed E-state index contributed by atoms with van der Waals surface area (Å²) in [6, 6.07) is 10.2. The molecule has 0 saturated heterocycles. The van der Waals surface area contributed by atoms with Crippen molar-refractivity contribution < 1.29 is 14.5 Å². The molecule has 0 bridgehead atoms. The molecule has 2 rings (SSSR count). The Labute approximate surface area is 119 Å². The number of carbonyl (C=O) groups is 1. The van der Waals surface area contributed by atoms with E-state index in [1.165, 1.54) is 17.4 Å². The monoisotopic (exact) mass is 289 g/mol. The molecule has 6 heteroatoms. The summed E-state index contributed by atoms with van der Waals surface area (Å²) in [4.78, 5) is 22.1. The minimum atomic E-state index is -0.483. The number of carbonyl (C=O) groups excluding carboxylic acids is 1. The Morgan fingerprint density at radius 3 is 2.75 bits per heavy atom. The number of hydrogen-bond donors (Lipinski definition) is 0. The van der Waals surface area contributed by atoms with Crippen LogP contribution in [-0.2, 0) is 0 Å². The van der Waals surface area contributed by atoms with Crippen LogP contribution in [0.2, 0.25) is 0 Å². The summed E-state index contributed by atoms with van der Waals surface area (Å²) in [5.74, 6) is 0.335. The lowest BCUT2D eigenvalue weighted by molar-refractivity contribution is -0.427. The number of para-hydroxylation sites is 1. The van der Waals surface area contributed by atoms with Crippen LogP contribution in [0.4, 0.5) is 0 Å². The molecule has 0 atom stereocenters. The number of nitro groups is 1. The van der Waals surface area contributed by atoms with Gasteiger partial charge in [0.1, 0.15) is 5.75 Å². The van der Waals surface area contributed by atoms with Gasteiger partial charge in [0.05, 0.1) is 10.5 Å². The predicted octanol–water partition coefficient (Wildman–Crippen LogP) is 3.26. The van der Waals surface area contributed by atoms with E-state index in [-0.39, 0.29) is 12.3 Å². The summed E-state index contributed by atoms with van der Waals surface area (Å²) >= 11 is 1.41. The standard InChI is InChI=1S/C14H11NO4S/c16-9-11-4-1-2-6-14(11)19-10-12(15(17)18)8-13-5-3-7-20-13/h1-9H,10H2/b12-8-. The SMILES string of the molecule is O=Cc1ccccc1OC/C(=C/c1cccs1)[N+](=O)[O-]. The Hall–Kier alpha value is -2.47. The van der Waals surface area contributed by atoms with Crippen LogP contribution in [0.5, 0.6) is 5.75 Å². The molecule has 0 unspecified atom stereocenters. The van der Waals surface area contributed by atoms with Crippen molar-refractivity contribution in [3.63, 3.8) is 0 Å². The van der Waals surface area contributed by atoms with E-state index in [0.29, 0.717) is 17.6 Å². The molecule has 0 aliphatic carbocycles. The molecule has 1 aromatic heterocycles. The third-order valence-corrected chi connectivity index (χ3v) is 3.33. The molecule has 1 aromatic carbocycles. The van der Waals surface area contributed by atoms with Crippen molar-refractivity contribution in [1.29, 1.82) is 0 Å². The van der Waals surface area contributed by atoms with Crippen molar-refractivity contribution in [2.45, 2.75) is 0 Å². The predicted molar refractivity (Wildman–Crippen MR) is 76.6 cm³/mol. The highest BCUT2D eigenvalue weighted by Gasteiger charge is 2.13. The minimum Gasteiger partial charge on any atom is -0.482 e. The Bertz CT molecular complexity index is 634. The van der Waals surface area contributed by atoms with Gasteiger partial charge in [-0.25, -0.2) is 0 Å². The molecule has 0 fully saturated rings. The van der Waals surface area contributed by atoms with E-state index in [2.05, 4.69) is 0 Å². The van der Waals surface area contributed by atoms with E-state index in [9.17, 15) is 14.9 Å². The smallest absolute Gasteiger partial charge is 0.284 e. The van der Waals surface area contributed by atoms with Crippen molar-refractivity contribution in [3.05, 3.63) is 68.0 Å². The van der Waals surface area contributed by atoms with Gasteiger partial charge in [-0.15, -0.1) is 11.3 Å². The molecule has 5 nitrogen and oxygen atoms in total. The van der Waals surface area contributed by atoms with Crippen LogP contribution in [0.25, 0.3) is 6.08 Å². The van der Waals surface area contributed by atoms with Gasteiger partial charge in [-0.2, -0.15) is 0 Å². The second kappa shape index (κ2) is 6.63. The van der Waals surface area contributed by atoms with Crippen molar-refractivity contribution in [1.82, 2.24) is 0 Å². The van der Waals surface area contributed by atoms with E-state index in [1.807, 2.05) is 11.4 Å². The number of nitrogens with zero attached hydrogens (tertiary/aromatic N) is 1. The van der Waals surface area contributed by atoms with Gasteiger partial charge < -0.3 is 4.74 Å². The highest BCUT2D eigenvalue weighted by molar-refractivity contribution is 7.10. The molecule has 0 radical (unpaired) electrons. The second-order valence-electron chi connectivity index (χ2n) is 3.85. The van der Waals surface area contributed by atoms with Crippen molar-refractivity contribution in [3.8, 4) is 5.75 Å². The maximum atomic E-state index is 11.0. The van der Waals surface area contributed by atoms with Crippen molar-refractivity contribution in [2.24, 2.45) is 0 Å². The zero-order valence-corrected chi connectivity index (χ0v) is 11.2. The first-order chi connectivity index (χ1) is 9.70. The number of thiophene rings is 1. The largest absolute Gasteiger partial charge is 0.482 e. The van der Waals surface area contributed by atoms with Gasteiger partial charge in [0.25, 0.3) is 5.70 Å². The van der Waals surface area contributed by atoms with Gasteiger partial charge in [0, 0.05) is 11.0 Å². The summed E-state index contributed by atoms with van der Waals surface area (Å²) in [7, 11) is 0. The third kappa shape index (κ3) is 3.52. The molecular weight excluding hydrogens is 278 g/mol. The second-order valence-corrected chi connectivity index (χ2v) is 4.83. The van der Waals surface area contributed by atoms with Gasteiger partial charge in [-0.1, -0.05) is 18.2 Å². The van der Waals surface area contributed by atoms with Crippen LogP contribution in [0.1, 0.15) is 15.2 Å². The highest BCUT2D eigenvalue weighted by Crippen LogP contribution is 2.18. The maximum Gasteiger partial charge on any atom is 0.284 e. The fraction of sp³-hybridized carbons (Fsp3) is 0.0714. The molecule has 0 saturated carbocycles. The fourth-order valence-electron chi connectivity index (χ4n) is 1.55. The van der Waals surface area contributed by atoms with Crippen molar-refractivity contribution in [2.75, 3.05) is 6.61 Å². The first-order valence-electron chi connectivity index (χ1n) is 5.76. The summed E-state index contributed by atoms with van der Waals surface area (Å²) < 4.78 is 5.36. The van der Waals surface area contributed by atoms with Gasteiger partial charge in [0.2, 0.25) is 0 Å². The Morgan fingerprint density at radius 1 is 1.30 bits per heavy atom. The maximum absolute atomic E-state index is 11.0. The molecule has 2 aromatic rings. The Balaban J connectivity index is 2.14. The number of benzene rings is 1. The summed E-state index contributed by atoms with van der Waals surface area (Å²) in [6.07, 6.45) is 2.12. The first-order valence-corrected chi connectivity index (χ1v) is 6.64. The van der Waals surface area contributed by atoms with Crippen LogP contribution in [-0.4, -0.2) is 17.8 Å². The van der Waals surface area contributed by atoms with Crippen LogP contribution >= 0.6 is 11.3 Å². The average molecular weight is 289 g/mol. The van der Waals surface area contributed by atoms with E-state index in [4.69, 9.17) is 4.74 Å². The molecule has 102 valence electrons. The summed E-state index contributed by atoms with van der Waals surface area (Å²) in [6.45, 7) is -0.199. The molecule has 0 N–H and O–H groups in total. The molecular formula is C14H11NO4S. The van der Waals surface area contributed by atoms with E-state index < -0.39 is 4.92 Å². The first kappa shape index (κ1) is 14.0. The molecule has 0 aliphatic heterocycles. The van der Waals surface area contributed by atoms with Crippen LogP contribution < -0.4 is 4.74 Å². The molecule has 1 heterocycles. The van der Waals surface area contributed by atoms with Gasteiger partial charge in [-0.3, -0.25) is 14.9 Å². The average Bonchev–Trinajstić information content (AvgIpc) is 2.96. The molecule has 0 amide bonds. The van der Waals surface area contributed by atoms with E-state index in [1.54, 1.807) is 30.3 Å². The zero-order valence-electron chi connectivity index (χ0n) is 10.4. The zero-order chi connectivity index (χ0) is 14.4. The Morgan fingerprint density at radius 2 is 2.10 bits per heavy atom. The van der Waals surface area contributed by atoms with Crippen LogP contribution in [0, 0.1) is 10.1 Å². The summed E-state index contributed by atoms with van der Waals surface area (Å²) in [5, 5.41) is 12.8. The van der Waals surface area contributed by atoms with Gasteiger partial charge in [0.15, 0.2) is 12.9 Å². The Kier molecular flexibility index (Phi) is 4.62. The minimum absolute atomic E-state index is 0.0619. The van der Waals surface area contributed by atoms with Gasteiger partial charge >= 0.3 is 0 Å². The van der Waals surface area contributed by atoms with Gasteiger partial charge in [-0.05, 0) is 23.6 Å². The molecule has 0 spiro atoms. The van der Waals surface area contributed by atoms with Crippen LogP contribution in [0.3, 0.4) is 0 Å². The van der Waals surface area contributed by atoms with E-state index >= 15 is 0 Å². The summed E-state index contributed by atoms with van der Waals surface area (Å²) in [5.41, 5.74) is 0.305. The molecule has 20 heavy (non-hydrogen) atoms. The lowest BCUT2D eigenvalue weighted by Gasteiger charge is -2.06. The molecule has 0 aliphatic rings. The van der Waals surface area contributed by atoms with Crippen molar-refractivity contribution >= 4 is 23.7 Å². The highest BCUT2D eigenvalue weighted by atomic mass is 32.1. The number of ether oxygens (including phenoxy) is 1. The number of hydrogen-bond acceptors (Lipinski definition) is 5. The normalized spacial score (nSPS) is 11.1. The fourth-order valence-corrected chi connectivity index (χ4v) is 2.22. The number of rotatable bonds is 6. The lowest BCUT2D eigenvalue weighted by atomic mass is 10.2. The van der Waals surface area contributed by atoms with E-state index in [0.717, 1.165) is 4.88 Å². The quantitative estimate of drug-likeness (QED) is 0.465. The van der Waals surface area contributed by atoms with Crippen LogP contribution in [0.15, 0.2) is 47.5 Å².